The van der Waals surface area contributed by atoms with Gasteiger partial charge >= 0.3 is 0 Å². The molecule has 0 saturated carbocycles. The third kappa shape index (κ3) is 5.37. The van der Waals surface area contributed by atoms with Crippen molar-refractivity contribution in [3.05, 3.63) is 0 Å². The Morgan fingerprint density at radius 1 is 1.82 bits per heavy atom. The maximum absolute atomic E-state index is 10.7. The maximum Gasteiger partial charge on any atom is 0.234 e. The topological polar surface area (TPSA) is 62.1 Å². The zero-order chi connectivity index (χ0) is 8.69. The number of nitrogens with one attached hydrogen (secondary N) is 1. The molecule has 4 heteroatoms. The number of hydrogen-bond acceptors (Lipinski definition) is 3. The van der Waals surface area contributed by atoms with Crippen molar-refractivity contribution >= 4 is 5.91 Å². The van der Waals surface area contributed by atoms with E-state index in [0.717, 1.165) is 0 Å². The molecule has 0 aliphatic rings. The molecular weight excluding hydrogens is 144 g/mol. The normalized spacial score (nSPS) is 11.7. The Morgan fingerprint density at radius 3 is 2.91 bits per heavy atom. The predicted octanol–water partition coefficient (Wildman–Crippen LogP) is 0.0512. The first kappa shape index (κ1) is 9.92. The molecule has 1 atom stereocenters. The van der Waals surface area contributed by atoms with Crippen LogP contribution in [0.25, 0.3) is 0 Å². The molecule has 0 saturated heterocycles. The largest absolute Gasteiger partial charge is 0.383 e. The molecule has 0 aliphatic carbocycles. The van der Waals surface area contributed by atoms with E-state index < -0.39 is 0 Å². The first-order valence-electron chi connectivity index (χ1n) is 3.36. The SMILES string of the molecule is COCC(C)NC(=O)CC#N. The van der Waals surface area contributed by atoms with Gasteiger partial charge in [-0.1, -0.05) is 0 Å². The summed E-state index contributed by atoms with van der Waals surface area (Å²) in [7, 11) is 1.56. The third-order valence-corrected chi connectivity index (χ3v) is 1.06. The summed E-state index contributed by atoms with van der Waals surface area (Å²) in [5, 5.41) is 10.7. The van der Waals surface area contributed by atoms with Gasteiger partial charge in [-0.3, -0.25) is 4.79 Å². The number of hydrogen-bond donors (Lipinski definition) is 1. The van der Waals surface area contributed by atoms with Crippen LogP contribution in [-0.4, -0.2) is 25.7 Å². The van der Waals surface area contributed by atoms with Gasteiger partial charge in [0.05, 0.1) is 12.7 Å². The van der Waals surface area contributed by atoms with Gasteiger partial charge in [-0.15, -0.1) is 0 Å². The highest BCUT2D eigenvalue weighted by Crippen LogP contribution is 1.84. The fraction of sp³-hybridized carbons (Fsp3) is 0.714. The summed E-state index contributed by atoms with van der Waals surface area (Å²) in [6.07, 6.45) is -0.0892. The third-order valence-electron chi connectivity index (χ3n) is 1.06. The number of rotatable bonds is 4. The van der Waals surface area contributed by atoms with Gasteiger partial charge < -0.3 is 10.1 Å². The van der Waals surface area contributed by atoms with Crippen molar-refractivity contribution in [3.63, 3.8) is 0 Å². The molecule has 0 fully saturated rings. The van der Waals surface area contributed by atoms with E-state index in [9.17, 15) is 4.79 Å². The van der Waals surface area contributed by atoms with Crippen molar-refractivity contribution in [1.82, 2.24) is 5.32 Å². The second-order valence-electron chi connectivity index (χ2n) is 2.26. The van der Waals surface area contributed by atoms with Gasteiger partial charge in [0.15, 0.2) is 0 Å². The summed E-state index contributed by atoms with van der Waals surface area (Å²) in [4.78, 5) is 10.7. The Morgan fingerprint density at radius 2 is 2.45 bits per heavy atom. The molecule has 0 aromatic carbocycles. The Balaban J connectivity index is 3.50. The molecule has 0 rings (SSSR count). The Hall–Kier alpha value is -1.08. The lowest BCUT2D eigenvalue weighted by Gasteiger charge is -2.10. The number of methoxy groups -OCH3 is 1. The molecule has 0 bridgehead atoms. The number of amides is 1. The van der Waals surface area contributed by atoms with E-state index in [1.54, 1.807) is 13.2 Å². The number of carbonyl (C=O) groups excluding carboxylic acids is 1. The van der Waals surface area contributed by atoms with E-state index >= 15 is 0 Å². The van der Waals surface area contributed by atoms with Crippen molar-refractivity contribution < 1.29 is 9.53 Å². The average molecular weight is 156 g/mol. The summed E-state index contributed by atoms with van der Waals surface area (Å²) in [6, 6.07) is 1.74. The predicted molar refractivity (Wildman–Crippen MR) is 39.7 cm³/mol. The Labute approximate surface area is 66.1 Å². The van der Waals surface area contributed by atoms with Crippen LogP contribution < -0.4 is 5.32 Å². The molecule has 4 nitrogen and oxygen atoms in total. The van der Waals surface area contributed by atoms with Crippen molar-refractivity contribution in [2.45, 2.75) is 19.4 Å². The van der Waals surface area contributed by atoms with Crippen LogP contribution in [0.5, 0.6) is 0 Å². The van der Waals surface area contributed by atoms with Crippen LogP contribution >= 0.6 is 0 Å². The minimum atomic E-state index is -0.253. The second-order valence-corrected chi connectivity index (χ2v) is 2.26. The highest BCUT2D eigenvalue weighted by atomic mass is 16.5. The first-order valence-corrected chi connectivity index (χ1v) is 3.36. The summed E-state index contributed by atoms with van der Waals surface area (Å²) >= 11 is 0. The fourth-order valence-corrected chi connectivity index (χ4v) is 0.689. The van der Waals surface area contributed by atoms with Crippen LogP contribution in [0.1, 0.15) is 13.3 Å². The average Bonchev–Trinajstić information content (AvgIpc) is 1.87. The summed E-state index contributed by atoms with van der Waals surface area (Å²) < 4.78 is 4.79. The van der Waals surface area contributed by atoms with E-state index in [4.69, 9.17) is 10.00 Å². The fourth-order valence-electron chi connectivity index (χ4n) is 0.689. The summed E-state index contributed by atoms with van der Waals surface area (Å²) in [5.74, 6) is -0.253. The molecule has 1 unspecified atom stereocenters. The van der Waals surface area contributed by atoms with Crippen molar-refractivity contribution in [2.75, 3.05) is 13.7 Å². The standard InChI is InChI=1S/C7H12N2O2/c1-6(5-11-2)9-7(10)3-4-8/h6H,3,5H2,1-2H3,(H,9,10). The van der Waals surface area contributed by atoms with E-state index in [1.165, 1.54) is 0 Å². The number of ether oxygens (including phenoxy) is 1. The monoisotopic (exact) mass is 156 g/mol. The van der Waals surface area contributed by atoms with E-state index in [2.05, 4.69) is 5.32 Å². The minimum absolute atomic E-state index is 0.0270. The zero-order valence-corrected chi connectivity index (χ0v) is 6.76. The summed E-state index contributed by atoms with van der Waals surface area (Å²) in [5.41, 5.74) is 0. The lowest BCUT2D eigenvalue weighted by molar-refractivity contribution is -0.121. The van der Waals surface area contributed by atoms with E-state index in [-0.39, 0.29) is 18.4 Å². The minimum Gasteiger partial charge on any atom is -0.383 e. The van der Waals surface area contributed by atoms with Crippen LogP contribution in [0.15, 0.2) is 0 Å². The molecule has 62 valence electrons. The van der Waals surface area contributed by atoms with Crippen LogP contribution in [0.4, 0.5) is 0 Å². The molecular formula is C7H12N2O2. The highest BCUT2D eigenvalue weighted by Gasteiger charge is 2.04. The van der Waals surface area contributed by atoms with Gasteiger partial charge in [0.1, 0.15) is 6.42 Å². The van der Waals surface area contributed by atoms with Crippen LogP contribution in [-0.2, 0) is 9.53 Å². The molecule has 0 heterocycles. The molecule has 11 heavy (non-hydrogen) atoms. The molecule has 1 amide bonds. The first-order chi connectivity index (χ1) is 5.20. The maximum atomic E-state index is 10.7. The lowest BCUT2D eigenvalue weighted by atomic mass is 10.3. The molecule has 0 aromatic rings. The van der Waals surface area contributed by atoms with Crippen LogP contribution in [0.2, 0.25) is 0 Å². The van der Waals surface area contributed by atoms with Gasteiger partial charge in [-0.05, 0) is 6.92 Å². The van der Waals surface area contributed by atoms with Gasteiger partial charge in [-0.25, -0.2) is 0 Å². The number of nitriles is 1. The summed E-state index contributed by atoms with van der Waals surface area (Å²) in [6.45, 7) is 2.29. The number of nitrogens with zero attached hydrogens (tertiary/aromatic N) is 1. The quantitative estimate of drug-likeness (QED) is 0.625. The van der Waals surface area contributed by atoms with Crippen LogP contribution in [0, 0.1) is 11.3 Å². The Bertz CT molecular complexity index is 162. The zero-order valence-electron chi connectivity index (χ0n) is 6.76. The van der Waals surface area contributed by atoms with Gasteiger partial charge in [0.25, 0.3) is 0 Å². The van der Waals surface area contributed by atoms with Gasteiger partial charge in [0.2, 0.25) is 5.91 Å². The van der Waals surface area contributed by atoms with Crippen molar-refractivity contribution in [2.24, 2.45) is 0 Å². The lowest BCUT2D eigenvalue weighted by Crippen LogP contribution is -2.35. The van der Waals surface area contributed by atoms with Gasteiger partial charge in [0, 0.05) is 13.2 Å². The Kier molecular flexibility index (Phi) is 5.13. The molecule has 0 aliphatic heterocycles. The van der Waals surface area contributed by atoms with Crippen LogP contribution in [0.3, 0.4) is 0 Å². The molecule has 0 radical (unpaired) electrons. The number of carbonyl (C=O) groups is 1. The van der Waals surface area contributed by atoms with E-state index in [1.807, 2.05) is 6.92 Å². The molecule has 0 aromatic heterocycles. The van der Waals surface area contributed by atoms with Crippen molar-refractivity contribution in [1.29, 1.82) is 5.26 Å². The van der Waals surface area contributed by atoms with Gasteiger partial charge in [-0.2, -0.15) is 5.26 Å². The molecule has 0 spiro atoms. The smallest absolute Gasteiger partial charge is 0.234 e. The van der Waals surface area contributed by atoms with Crippen molar-refractivity contribution in [3.8, 4) is 6.07 Å². The highest BCUT2D eigenvalue weighted by molar-refractivity contribution is 5.78. The van der Waals surface area contributed by atoms with E-state index in [0.29, 0.717) is 6.61 Å². The second kappa shape index (κ2) is 5.69. The molecule has 1 N–H and O–H groups in total.